The van der Waals surface area contributed by atoms with E-state index >= 15 is 0 Å². The molecule has 2 aliphatic rings. The van der Waals surface area contributed by atoms with E-state index in [4.69, 9.17) is 0 Å². The van der Waals surface area contributed by atoms with Crippen LogP contribution in [0, 0.1) is 11.7 Å². The summed E-state index contributed by atoms with van der Waals surface area (Å²) in [4.78, 5) is 19.4. The number of rotatable bonds is 4. The molecule has 0 spiro atoms. The van der Waals surface area contributed by atoms with Crippen LogP contribution in [0.2, 0.25) is 0 Å². The van der Waals surface area contributed by atoms with Crippen LogP contribution in [0.5, 0.6) is 0 Å². The molecule has 0 unspecified atom stereocenters. The molecule has 0 amide bonds. The molecule has 7 heteroatoms. The van der Waals surface area contributed by atoms with Gasteiger partial charge in [-0.2, -0.15) is 5.10 Å². The number of piperidine rings is 1. The van der Waals surface area contributed by atoms with Crippen LogP contribution in [0.3, 0.4) is 0 Å². The number of pyridine rings is 1. The van der Waals surface area contributed by atoms with Crippen LogP contribution in [0.25, 0.3) is 5.65 Å². The Hall–Kier alpha value is -2.54. The number of imidazole rings is 1. The minimum absolute atomic E-state index is 0.0463. The predicted octanol–water partition coefficient (Wildman–Crippen LogP) is 2.82. The van der Waals surface area contributed by atoms with Gasteiger partial charge in [0.15, 0.2) is 0 Å². The molecular weight excluding hydrogens is 369 g/mol. The lowest BCUT2D eigenvalue weighted by Crippen LogP contribution is -2.37. The van der Waals surface area contributed by atoms with E-state index in [0.29, 0.717) is 12.5 Å². The Morgan fingerprint density at radius 1 is 1.10 bits per heavy atom. The third-order valence-corrected chi connectivity index (χ3v) is 6.26. The molecule has 3 aromatic rings. The lowest BCUT2D eigenvalue weighted by molar-refractivity contribution is 0.162. The molecule has 1 saturated heterocycles. The summed E-state index contributed by atoms with van der Waals surface area (Å²) in [6, 6.07) is 4.95. The fourth-order valence-corrected chi connectivity index (χ4v) is 4.63. The van der Waals surface area contributed by atoms with E-state index in [0.717, 1.165) is 74.3 Å². The van der Waals surface area contributed by atoms with Crippen molar-refractivity contribution in [2.75, 3.05) is 13.1 Å². The molecule has 0 bridgehead atoms. The van der Waals surface area contributed by atoms with Gasteiger partial charge < -0.3 is 4.40 Å². The number of hydrogen-bond donors (Lipinski definition) is 0. The predicted molar refractivity (Wildman–Crippen MR) is 108 cm³/mol. The summed E-state index contributed by atoms with van der Waals surface area (Å²) in [5.74, 6) is 0.224. The number of aryl methyl sites for hydroxylation is 2. The SMILES string of the molecule is O=c1cc2c(nn1CC1CCN(Cc3cn4cc(F)ccc4n3)CC1)CCCC2. The monoisotopic (exact) mass is 395 g/mol. The van der Waals surface area contributed by atoms with Gasteiger partial charge in [0.05, 0.1) is 11.4 Å². The highest BCUT2D eigenvalue weighted by Gasteiger charge is 2.22. The van der Waals surface area contributed by atoms with Gasteiger partial charge in [0, 0.05) is 31.5 Å². The molecule has 1 fully saturated rings. The largest absolute Gasteiger partial charge is 0.304 e. The van der Waals surface area contributed by atoms with Gasteiger partial charge in [-0.1, -0.05) is 0 Å². The van der Waals surface area contributed by atoms with Crippen LogP contribution in [0.4, 0.5) is 4.39 Å². The molecule has 1 aliphatic carbocycles. The van der Waals surface area contributed by atoms with Gasteiger partial charge in [0.1, 0.15) is 11.5 Å². The average Bonchev–Trinajstić information content (AvgIpc) is 3.11. The summed E-state index contributed by atoms with van der Waals surface area (Å²) >= 11 is 0. The molecule has 5 rings (SSSR count). The van der Waals surface area contributed by atoms with E-state index in [1.807, 2.05) is 12.3 Å². The zero-order valence-electron chi connectivity index (χ0n) is 16.6. The van der Waals surface area contributed by atoms with E-state index in [1.54, 1.807) is 15.1 Å². The van der Waals surface area contributed by atoms with Crippen LogP contribution >= 0.6 is 0 Å². The molecule has 0 saturated carbocycles. The Balaban J connectivity index is 1.20. The highest BCUT2D eigenvalue weighted by atomic mass is 19.1. The molecule has 0 aromatic carbocycles. The summed E-state index contributed by atoms with van der Waals surface area (Å²) in [7, 11) is 0. The van der Waals surface area contributed by atoms with Crippen molar-refractivity contribution in [3.63, 3.8) is 0 Å². The Bertz CT molecular complexity index is 1080. The van der Waals surface area contributed by atoms with Gasteiger partial charge in [0.2, 0.25) is 0 Å². The fraction of sp³-hybridized carbons (Fsp3) is 0.500. The number of halogens is 1. The van der Waals surface area contributed by atoms with E-state index < -0.39 is 0 Å². The molecule has 0 atom stereocenters. The van der Waals surface area contributed by atoms with Crippen LogP contribution in [0.1, 0.15) is 42.6 Å². The van der Waals surface area contributed by atoms with Crippen molar-refractivity contribution in [3.8, 4) is 0 Å². The summed E-state index contributed by atoms with van der Waals surface area (Å²) in [6.45, 7) is 3.44. The average molecular weight is 395 g/mol. The maximum Gasteiger partial charge on any atom is 0.267 e. The van der Waals surface area contributed by atoms with Crippen molar-refractivity contribution in [2.45, 2.75) is 51.6 Å². The molecule has 6 nitrogen and oxygen atoms in total. The van der Waals surface area contributed by atoms with Gasteiger partial charge in [-0.05, 0) is 75.2 Å². The first kappa shape index (κ1) is 18.5. The van der Waals surface area contributed by atoms with Crippen LogP contribution in [-0.2, 0) is 25.9 Å². The minimum atomic E-state index is -0.256. The molecule has 152 valence electrons. The molecule has 3 aromatic heterocycles. The number of aromatic nitrogens is 4. The van der Waals surface area contributed by atoms with Crippen molar-refractivity contribution in [1.82, 2.24) is 24.1 Å². The number of hydrogen-bond acceptors (Lipinski definition) is 4. The highest BCUT2D eigenvalue weighted by molar-refractivity contribution is 5.39. The molecule has 4 heterocycles. The Morgan fingerprint density at radius 3 is 2.79 bits per heavy atom. The van der Waals surface area contributed by atoms with Gasteiger partial charge in [-0.3, -0.25) is 9.69 Å². The third kappa shape index (κ3) is 3.96. The van der Waals surface area contributed by atoms with Crippen molar-refractivity contribution in [3.05, 3.63) is 63.7 Å². The maximum atomic E-state index is 13.4. The van der Waals surface area contributed by atoms with Crippen molar-refractivity contribution >= 4 is 5.65 Å². The van der Waals surface area contributed by atoms with Crippen molar-refractivity contribution in [2.24, 2.45) is 5.92 Å². The van der Waals surface area contributed by atoms with Gasteiger partial charge in [-0.25, -0.2) is 14.1 Å². The first-order chi connectivity index (χ1) is 14.1. The van der Waals surface area contributed by atoms with E-state index in [1.165, 1.54) is 18.7 Å². The molecular formula is C22H26FN5O. The summed E-state index contributed by atoms with van der Waals surface area (Å²) < 4.78 is 16.8. The topological polar surface area (TPSA) is 55.4 Å². The second-order valence-corrected chi connectivity index (χ2v) is 8.41. The first-order valence-electron chi connectivity index (χ1n) is 10.6. The summed E-state index contributed by atoms with van der Waals surface area (Å²) in [5.41, 5.74) is 4.05. The van der Waals surface area contributed by atoms with Crippen molar-refractivity contribution < 1.29 is 4.39 Å². The van der Waals surface area contributed by atoms with E-state index in [-0.39, 0.29) is 11.4 Å². The maximum absolute atomic E-state index is 13.4. The van der Waals surface area contributed by atoms with Gasteiger partial charge in [-0.15, -0.1) is 0 Å². The summed E-state index contributed by atoms with van der Waals surface area (Å²) in [5, 5.41) is 4.67. The first-order valence-corrected chi connectivity index (χ1v) is 10.6. The lowest BCUT2D eigenvalue weighted by Gasteiger charge is -2.31. The van der Waals surface area contributed by atoms with Gasteiger partial charge >= 0.3 is 0 Å². The van der Waals surface area contributed by atoms with Crippen LogP contribution < -0.4 is 5.56 Å². The number of fused-ring (bicyclic) bond motifs is 2. The molecule has 1 aliphatic heterocycles. The quantitative estimate of drug-likeness (QED) is 0.682. The van der Waals surface area contributed by atoms with Gasteiger partial charge in [0.25, 0.3) is 5.56 Å². The summed E-state index contributed by atoms with van der Waals surface area (Å²) in [6.07, 6.45) is 9.79. The molecule has 29 heavy (non-hydrogen) atoms. The zero-order valence-corrected chi connectivity index (χ0v) is 16.6. The zero-order chi connectivity index (χ0) is 19.8. The van der Waals surface area contributed by atoms with Crippen LogP contribution in [0.15, 0.2) is 35.4 Å². The Kier molecular flexibility index (Phi) is 4.91. The fourth-order valence-electron chi connectivity index (χ4n) is 4.63. The molecule has 0 radical (unpaired) electrons. The second-order valence-electron chi connectivity index (χ2n) is 8.41. The highest BCUT2D eigenvalue weighted by Crippen LogP contribution is 2.21. The smallest absolute Gasteiger partial charge is 0.267 e. The van der Waals surface area contributed by atoms with E-state index in [9.17, 15) is 9.18 Å². The normalized spacial score (nSPS) is 18.2. The van der Waals surface area contributed by atoms with Crippen molar-refractivity contribution in [1.29, 1.82) is 0 Å². The minimum Gasteiger partial charge on any atom is -0.304 e. The van der Waals surface area contributed by atoms with Crippen LogP contribution in [-0.4, -0.2) is 37.2 Å². The lowest BCUT2D eigenvalue weighted by atomic mass is 9.96. The third-order valence-electron chi connectivity index (χ3n) is 6.26. The Morgan fingerprint density at radius 2 is 1.93 bits per heavy atom. The van der Waals surface area contributed by atoms with E-state index in [2.05, 4.69) is 15.0 Å². The number of likely N-dealkylation sites (tertiary alicyclic amines) is 1. The standard InChI is InChI=1S/C22H26FN5O/c23-18-5-6-21-24-19(15-27(21)13-18)14-26-9-7-16(8-10-26)12-28-22(29)11-17-3-1-2-4-20(17)25-28/h5-6,11,13,15-16H,1-4,7-10,12,14H2. The second kappa shape index (κ2) is 7.71. The Labute approximate surface area is 169 Å². The number of nitrogens with zero attached hydrogens (tertiary/aromatic N) is 5. The molecule has 0 N–H and O–H groups in total.